The quantitative estimate of drug-likeness (QED) is 0.728. The Bertz CT molecular complexity index is 500. The summed E-state index contributed by atoms with van der Waals surface area (Å²) in [5.41, 5.74) is 0.415. The molecule has 0 unspecified atom stereocenters. The van der Waals surface area contributed by atoms with Gasteiger partial charge >= 0.3 is 0 Å². The first-order chi connectivity index (χ1) is 7.84. The summed E-state index contributed by atoms with van der Waals surface area (Å²) < 4.78 is 24.5. The number of benzene rings is 2. The van der Waals surface area contributed by atoms with Crippen LogP contribution in [0.15, 0.2) is 48.5 Å². The normalized spacial score (nSPS) is 14.1. The van der Waals surface area contributed by atoms with Crippen molar-refractivity contribution in [2.45, 2.75) is 6.29 Å². The second-order valence-corrected chi connectivity index (χ2v) is 3.54. The van der Waals surface area contributed by atoms with E-state index in [0.29, 0.717) is 17.1 Å². The lowest BCUT2D eigenvalue weighted by atomic mass is 10.2. The van der Waals surface area contributed by atoms with Crippen molar-refractivity contribution in [1.29, 1.82) is 0 Å². The molecule has 2 aromatic carbocycles. The van der Waals surface area contributed by atoms with Crippen LogP contribution >= 0.6 is 0 Å². The smallest absolute Gasteiger partial charge is 0.270 e. The second-order valence-electron chi connectivity index (χ2n) is 3.54. The third-order valence-corrected chi connectivity index (χ3v) is 2.48. The molecule has 0 radical (unpaired) electrons. The van der Waals surface area contributed by atoms with E-state index in [1.54, 1.807) is 30.3 Å². The van der Waals surface area contributed by atoms with E-state index >= 15 is 0 Å². The first kappa shape index (κ1) is 9.21. The van der Waals surface area contributed by atoms with Gasteiger partial charge in [0, 0.05) is 0 Å². The minimum Gasteiger partial charge on any atom is -0.447 e. The first-order valence-electron chi connectivity index (χ1n) is 5.01. The van der Waals surface area contributed by atoms with Gasteiger partial charge in [0.1, 0.15) is 5.82 Å². The molecule has 3 rings (SSSR count). The highest BCUT2D eigenvalue weighted by molar-refractivity contribution is 5.43. The molecule has 1 aliphatic rings. The fraction of sp³-hybridized carbons (Fsp3) is 0.0769. The maximum atomic E-state index is 13.5. The van der Waals surface area contributed by atoms with Crippen LogP contribution in [-0.4, -0.2) is 0 Å². The molecular formula is C13H9FO2. The largest absolute Gasteiger partial charge is 0.447 e. The van der Waals surface area contributed by atoms with Crippen molar-refractivity contribution in [2.24, 2.45) is 0 Å². The predicted octanol–water partition coefficient (Wildman–Crippen LogP) is 3.30. The molecule has 16 heavy (non-hydrogen) atoms. The summed E-state index contributed by atoms with van der Waals surface area (Å²) in [6.45, 7) is 0. The number of para-hydroxylation sites is 2. The monoisotopic (exact) mass is 216 g/mol. The van der Waals surface area contributed by atoms with Gasteiger partial charge in [0.15, 0.2) is 11.5 Å². The molecule has 1 heterocycles. The van der Waals surface area contributed by atoms with E-state index in [-0.39, 0.29) is 5.82 Å². The molecule has 0 aliphatic carbocycles. The lowest BCUT2D eigenvalue weighted by Crippen LogP contribution is -2.09. The van der Waals surface area contributed by atoms with Crippen LogP contribution in [0, 0.1) is 5.82 Å². The predicted molar refractivity (Wildman–Crippen MR) is 56.8 cm³/mol. The number of fused-ring (bicyclic) bond motifs is 1. The Morgan fingerprint density at radius 1 is 0.812 bits per heavy atom. The SMILES string of the molecule is Fc1ccccc1C1Oc2ccccc2O1. The maximum Gasteiger partial charge on any atom is 0.270 e. The van der Waals surface area contributed by atoms with Gasteiger partial charge in [0.05, 0.1) is 5.56 Å². The molecule has 0 bridgehead atoms. The lowest BCUT2D eigenvalue weighted by molar-refractivity contribution is 0.0454. The highest BCUT2D eigenvalue weighted by Crippen LogP contribution is 2.40. The summed E-state index contributed by atoms with van der Waals surface area (Å²) in [6.07, 6.45) is -0.682. The Kier molecular flexibility index (Phi) is 2.03. The highest BCUT2D eigenvalue weighted by atomic mass is 19.1. The van der Waals surface area contributed by atoms with Crippen LogP contribution in [0.3, 0.4) is 0 Å². The molecule has 0 fully saturated rings. The van der Waals surface area contributed by atoms with Gasteiger partial charge < -0.3 is 9.47 Å². The van der Waals surface area contributed by atoms with E-state index in [0.717, 1.165) is 0 Å². The van der Waals surface area contributed by atoms with Gasteiger partial charge in [-0.05, 0) is 24.3 Å². The van der Waals surface area contributed by atoms with Crippen molar-refractivity contribution in [3.05, 3.63) is 59.9 Å². The number of rotatable bonds is 1. The summed E-state index contributed by atoms with van der Waals surface area (Å²) in [6, 6.07) is 13.8. The van der Waals surface area contributed by atoms with Crippen molar-refractivity contribution >= 4 is 0 Å². The van der Waals surface area contributed by atoms with Gasteiger partial charge in [-0.25, -0.2) is 4.39 Å². The van der Waals surface area contributed by atoms with E-state index in [1.807, 2.05) is 12.1 Å². The molecule has 0 saturated heterocycles. The molecule has 0 saturated carbocycles. The first-order valence-corrected chi connectivity index (χ1v) is 5.01. The average Bonchev–Trinajstić information content (AvgIpc) is 2.73. The molecule has 1 aliphatic heterocycles. The molecule has 0 atom stereocenters. The molecule has 2 nitrogen and oxygen atoms in total. The van der Waals surface area contributed by atoms with Gasteiger partial charge in [0.25, 0.3) is 6.29 Å². The molecule has 80 valence electrons. The van der Waals surface area contributed by atoms with Gasteiger partial charge in [-0.2, -0.15) is 0 Å². The summed E-state index contributed by atoms with van der Waals surface area (Å²) in [4.78, 5) is 0. The lowest BCUT2D eigenvalue weighted by Gasteiger charge is -2.10. The molecule has 3 heteroatoms. The topological polar surface area (TPSA) is 18.5 Å². The number of ether oxygens (including phenoxy) is 2. The minimum absolute atomic E-state index is 0.319. The van der Waals surface area contributed by atoms with Crippen molar-refractivity contribution in [2.75, 3.05) is 0 Å². The molecule has 0 aromatic heterocycles. The van der Waals surface area contributed by atoms with Gasteiger partial charge in [0.2, 0.25) is 0 Å². The van der Waals surface area contributed by atoms with Crippen LogP contribution in [-0.2, 0) is 0 Å². The summed E-state index contributed by atoms with van der Waals surface area (Å²) in [7, 11) is 0. The van der Waals surface area contributed by atoms with Crippen molar-refractivity contribution < 1.29 is 13.9 Å². The summed E-state index contributed by atoms with van der Waals surface area (Å²) >= 11 is 0. The number of hydrogen-bond acceptors (Lipinski definition) is 2. The molecular weight excluding hydrogens is 207 g/mol. The standard InChI is InChI=1S/C13H9FO2/c14-10-6-2-1-5-9(10)13-15-11-7-3-4-8-12(11)16-13/h1-8,13H. The van der Waals surface area contributed by atoms with Crippen LogP contribution in [0.2, 0.25) is 0 Å². The Labute approximate surface area is 92.2 Å². The fourth-order valence-electron chi connectivity index (χ4n) is 1.69. The number of halogens is 1. The van der Waals surface area contributed by atoms with Crippen molar-refractivity contribution in [3.63, 3.8) is 0 Å². The summed E-state index contributed by atoms with van der Waals surface area (Å²) in [5.74, 6) is 0.979. The molecule has 0 amide bonds. The molecule has 2 aromatic rings. The summed E-state index contributed by atoms with van der Waals surface area (Å²) in [5, 5.41) is 0. The molecule has 0 N–H and O–H groups in total. The van der Waals surface area contributed by atoms with Gasteiger partial charge in [-0.3, -0.25) is 0 Å². The van der Waals surface area contributed by atoms with Crippen LogP contribution in [0.25, 0.3) is 0 Å². The number of hydrogen-bond donors (Lipinski definition) is 0. The Morgan fingerprint density at radius 2 is 1.38 bits per heavy atom. The third kappa shape index (κ3) is 1.41. The van der Waals surface area contributed by atoms with Crippen LogP contribution < -0.4 is 9.47 Å². The zero-order valence-electron chi connectivity index (χ0n) is 8.39. The van der Waals surface area contributed by atoms with Crippen molar-refractivity contribution in [1.82, 2.24) is 0 Å². The van der Waals surface area contributed by atoms with Crippen LogP contribution in [0.1, 0.15) is 11.9 Å². The zero-order valence-corrected chi connectivity index (χ0v) is 8.39. The Morgan fingerprint density at radius 3 is 2.00 bits per heavy atom. The van der Waals surface area contributed by atoms with Crippen LogP contribution in [0.4, 0.5) is 4.39 Å². The van der Waals surface area contributed by atoms with E-state index < -0.39 is 6.29 Å². The highest BCUT2D eigenvalue weighted by Gasteiger charge is 2.27. The van der Waals surface area contributed by atoms with E-state index in [9.17, 15) is 4.39 Å². The van der Waals surface area contributed by atoms with E-state index in [1.165, 1.54) is 6.07 Å². The zero-order chi connectivity index (χ0) is 11.0. The van der Waals surface area contributed by atoms with Gasteiger partial charge in [-0.15, -0.1) is 0 Å². The second kappa shape index (κ2) is 3.52. The van der Waals surface area contributed by atoms with Crippen LogP contribution in [0.5, 0.6) is 11.5 Å². The van der Waals surface area contributed by atoms with E-state index in [4.69, 9.17) is 9.47 Å². The third-order valence-electron chi connectivity index (χ3n) is 2.48. The Hall–Kier alpha value is -2.03. The fourth-order valence-corrected chi connectivity index (χ4v) is 1.69. The maximum absolute atomic E-state index is 13.5. The molecule has 0 spiro atoms. The van der Waals surface area contributed by atoms with Crippen molar-refractivity contribution in [3.8, 4) is 11.5 Å². The minimum atomic E-state index is -0.682. The van der Waals surface area contributed by atoms with E-state index in [2.05, 4.69) is 0 Å². The Balaban J connectivity index is 1.95. The van der Waals surface area contributed by atoms with Gasteiger partial charge in [-0.1, -0.05) is 24.3 Å². The average molecular weight is 216 g/mol.